The van der Waals surface area contributed by atoms with Crippen LogP contribution < -0.4 is 16.1 Å². The molecule has 2 aromatic heterocycles. The van der Waals surface area contributed by atoms with Crippen LogP contribution in [0.2, 0.25) is 0 Å². The Bertz CT molecular complexity index is 1440. The van der Waals surface area contributed by atoms with E-state index in [1.54, 1.807) is 31.0 Å². The van der Waals surface area contributed by atoms with E-state index in [-0.39, 0.29) is 11.4 Å². The van der Waals surface area contributed by atoms with E-state index in [9.17, 15) is 9.59 Å². The summed E-state index contributed by atoms with van der Waals surface area (Å²) in [6.45, 7) is 0. The Morgan fingerprint density at radius 1 is 0.774 bits per heavy atom. The average molecular weight is 430 g/mol. The molecule has 0 aliphatic rings. The van der Waals surface area contributed by atoms with Crippen molar-refractivity contribution in [1.29, 1.82) is 0 Å². The molecule has 0 N–H and O–H groups in total. The Morgan fingerprint density at radius 3 is 2.03 bits per heavy atom. The second-order valence-corrected chi connectivity index (χ2v) is 7.98. The number of methoxy groups -OCH3 is 1. The smallest absolute Gasteiger partial charge is 0.357 e. The summed E-state index contributed by atoms with van der Waals surface area (Å²) >= 11 is 1.54. The van der Waals surface area contributed by atoms with Crippen molar-refractivity contribution in [3.63, 3.8) is 0 Å². The van der Waals surface area contributed by atoms with E-state index in [1.807, 2.05) is 72.8 Å². The zero-order chi connectivity index (χ0) is 21.4. The van der Waals surface area contributed by atoms with Crippen LogP contribution in [-0.2, 0) is 5.75 Å². The van der Waals surface area contributed by atoms with Gasteiger partial charge in [-0.25, -0.2) is 14.2 Å². The lowest BCUT2D eigenvalue weighted by Crippen LogP contribution is -2.25. The highest BCUT2D eigenvalue weighted by Gasteiger charge is 2.27. The normalized spacial score (nSPS) is 11.3. The van der Waals surface area contributed by atoms with Crippen LogP contribution in [0.1, 0.15) is 5.56 Å². The highest BCUT2D eigenvalue weighted by Crippen LogP contribution is 2.35. The van der Waals surface area contributed by atoms with Crippen molar-refractivity contribution >= 4 is 11.8 Å². The summed E-state index contributed by atoms with van der Waals surface area (Å²) in [4.78, 5) is 26.4. The van der Waals surface area contributed by atoms with E-state index in [4.69, 9.17) is 4.74 Å². The molecule has 2 heterocycles. The molecule has 7 heteroatoms. The van der Waals surface area contributed by atoms with Gasteiger partial charge >= 0.3 is 11.4 Å². The summed E-state index contributed by atoms with van der Waals surface area (Å²) in [6, 6.07) is 26.5. The van der Waals surface area contributed by atoms with Crippen LogP contribution in [-0.4, -0.2) is 20.7 Å². The van der Waals surface area contributed by atoms with Gasteiger partial charge in [0, 0.05) is 11.3 Å². The van der Waals surface area contributed by atoms with Gasteiger partial charge in [0.2, 0.25) is 0 Å². The van der Waals surface area contributed by atoms with E-state index < -0.39 is 0 Å². The number of nitrogens with zero attached hydrogens (tertiary/aromatic N) is 3. The summed E-state index contributed by atoms with van der Waals surface area (Å²) < 4.78 is 9.38. The van der Waals surface area contributed by atoms with Crippen LogP contribution >= 0.6 is 11.8 Å². The predicted molar refractivity (Wildman–Crippen MR) is 122 cm³/mol. The molecule has 0 amide bonds. The Balaban J connectivity index is 1.67. The minimum absolute atomic E-state index is 0.371. The highest BCUT2D eigenvalue weighted by molar-refractivity contribution is 7.98. The molecule has 0 atom stereocenters. The summed E-state index contributed by atoms with van der Waals surface area (Å²) in [5.74, 6) is 1.42. The SMILES string of the molecule is COc1ccc(-c2c(SCc3ccccc3)n3c(=O)n(-c4ccccc4)c(=O)n23)cc1. The lowest BCUT2D eigenvalue weighted by molar-refractivity contribution is 0.415. The molecule has 0 saturated carbocycles. The van der Waals surface area contributed by atoms with E-state index in [1.165, 1.54) is 13.6 Å². The fourth-order valence-electron chi connectivity index (χ4n) is 3.61. The quantitative estimate of drug-likeness (QED) is 0.384. The molecule has 5 rings (SSSR count). The van der Waals surface area contributed by atoms with Gasteiger partial charge in [-0.05, 0) is 42.0 Å². The summed E-state index contributed by atoms with van der Waals surface area (Å²) in [7, 11) is 1.61. The van der Waals surface area contributed by atoms with Crippen molar-refractivity contribution in [3.05, 3.63) is 111 Å². The first-order chi connectivity index (χ1) is 15.2. The molecule has 0 aliphatic carbocycles. The van der Waals surface area contributed by atoms with Crippen molar-refractivity contribution in [2.45, 2.75) is 10.8 Å². The lowest BCUT2D eigenvalue weighted by atomic mass is 10.1. The fraction of sp³-hybridized carbons (Fsp3) is 0.0833. The van der Waals surface area contributed by atoms with Crippen LogP contribution in [0.5, 0.6) is 5.75 Å². The molecule has 154 valence electrons. The maximum atomic E-state index is 13.2. The second-order valence-electron chi connectivity index (χ2n) is 7.02. The number of thioether (sulfide) groups is 1. The zero-order valence-electron chi connectivity index (χ0n) is 16.8. The first-order valence-corrected chi connectivity index (χ1v) is 10.8. The van der Waals surface area contributed by atoms with Gasteiger partial charge in [-0.1, -0.05) is 60.3 Å². The zero-order valence-corrected chi connectivity index (χ0v) is 17.6. The van der Waals surface area contributed by atoms with E-state index in [0.29, 0.717) is 11.4 Å². The number of ether oxygens (including phenoxy) is 1. The van der Waals surface area contributed by atoms with E-state index in [0.717, 1.165) is 27.6 Å². The number of rotatable bonds is 6. The molecular formula is C24H19N3O3S. The third-order valence-electron chi connectivity index (χ3n) is 5.15. The molecule has 5 aromatic rings. The number of benzene rings is 3. The summed E-state index contributed by atoms with van der Waals surface area (Å²) in [5.41, 5.74) is 2.51. The lowest BCUT2D eigenvalue weighted by Gasteiger charge is -2.18. The third-order valence-corrected chi connectivity index (χ3v) is 6.27. The van der Waals surface area contributed by atoms with Crippen LogP contribution in [0.3, 0.4) is 0 Å². The van der Waals surface area contributed by atoms with Crippen molar-refractivity contribution in [3.8, 4) is 22.7 Å². The number of aromatic nitrogens is 3. The highest BCUT2D eigenvalue weighted by atomic mass is 32.2. The van der Waals surface area contributed by atoms with Crippen molar-refractivity contribution in [1.82, 2.24) is 13.6 Å². The first-order valence-electron chi connectivity index (χ1n) is 9.77. The fourth-order valence-corrected chi connectivity index (χ4v) is 4.73. The molecule has 0 unspecified atom stereocenters. The molecule has 31 heavy (non-hydrogen) atoms. The summed E-state index contributed by atoms with van der Waals surface area (Å²) in [5, 5.41) is 0.755. The number of hydrogen-bond donors (Lipinski definition) is 0. The van der Waals surface area contributed by atoms with Crippen LogP contribution in [0.15, 0.2) is 99.5 Å². The Kier molecular flexibility index (Phi) is 4.88. The topological polar surface area (TPSA) is 57.1 Å². The van der Waals surface area contributed by atoms with Crippen molar-refractivity contribution < 1.29 is 4.74 Å². The van der Waals surface area contributed by atoms with Gasteiger partial charge < -0.3 is 4.74 Å². The molecular weight excluding hydrogens is 410 g/mol. The van der Waals surface area contributed by atoms with Gasteiger partial charge in [0.05, 0.1) is 12.8 Å². The Hall–Kier alpha value is -3.71. The predicted octanol–water partition coefficient (Wildman–Crippen LogP) is 3.96. The molecule has 0 aliphatic heterocycles. The molecule has 6 nitrogen and oxygen atoms in total. The average Bonchev–Trinajstić information content (AvgIpc) is 3.01. The van der Waals surface area contributed by atoms with Gasteiger partial charge in [0.1, 0.15) is 16.5 Å². The Morgan fingerprint density at radius 2 is 1.39 bits per heavy atom. The monoisotopic (exact) mass is 429 g/mol. The molecule has 0 bridgehead atoms. The van der Waals surface area contributed by atoms with Gasteiger partial charge in [0.15, 0.2) is 0 Å². The first kappa shape index (κ1) is 19.3. The minimum Gasteiger partial charge on any atom is -0.497 e. The van der Waals surface area contributed by atoms with Crippen LogP contribution in [0.25, 0.3) is 16.9 Å². The Labute approximate surface area is 182 Å². The standard InChI is InChI=1S/C24H19N3O3S/c1-30-20-14-12-18(13-15-20)21-22(31-16-17-8-4-2-5-9-17)27-24(29)25(23(28)26(21)27)19-10-6-3-7-11-19/h2-15H,16H2,1H3. The van der Waals surface area contributed by atoms with Gasteiger partial charge in [-0.2, -0.15) is 9.03 Å². The number of hydrogen-bond acceptors (Lipinski definition) is 4. The minimum atomic E-state index is -0.383. The third kappa shape index (κ3) is 3.23. The summed E-state index contributed by atoms with van der Waals surface area (Å²) in [6.07, 6.45) is 0. The molecule has 0 saturated heterocycles. The van der Waals surface area contributed by atoms with E-state index in [2.05, 4.69) is 0 Å². The molecule has 0 fully saturated rings. The van der Waals surface area contributed by atoms with Gasteiger partial charge in [-0.3, -0.25) is 0 Å². The van der Waals surface area contributed by atoms with Crippen LogP contribution in [0, 0.1) is 0 Å². The largest absolute Gasteiger partial charge is 0.497 e. The molecule has 0 spiro atoms. The molecule has 3 aromatic carbocycles. The van der Waals surface area contributed by atoms with Gasteiger partial charge in [0.25, 0.3) is 0 Å². The van der Waals surface area contributed by atoms with Crippen LogP contribution in [0.4, 0.5) is 0 Å². The number of para-hydroxylation sites is 1. The second kappa shape index (κ2) is 7.85. The van der Waals surface area contributed by atoms with E-state index >= 15 is 0 Å². The maximum Gasteiger partial charge on any atom is 0.357 e. The van der Waals surface area contributed by atoms with Crippen molar-refractivity contribution in [2.24, 2.45) is 0 Å². The molecule has 0 radical (unpaired) electrons. The maximum absolute atomic E-state index is 13.2. The number of fused-ring (bicyclic) bond motifs is 1. The van der Waals surface area contributed by atoms with Gasteiger partial charge in [-0.15, -0.1) is 0 Å². The van der Waals surface area contributed by atoms with Crippen molar-refractivity contribution in [2.75, 3.05) is 7.11 Å².